The lowest BCUT2D eigenvalue weighted by molar-refractivity contribution is -0.130. The number of halogens is 1. The number of aliphatic carboxylic acids is 1. The molecular formula is C13H9FO2S2. The van der Waals surface area contributed by atoms with Crippen LogP contribution in [-0.4, -0.2) is 11.1 Å². The van der Waals surface area contributed by atoms with Gasteiger partial charge in [0.25, 0.3) is 0 Å². The second-order valence-corrected chi connectivity index (χ2v) is 5.28. The van der Waals surface area contributed by atoms with Gasteiger partial charge in [-0.25, -0.2) is 9.18 Å². The number of carboxylic acids is 1. The van der Waals surface area contributed by atoms with Crippen LogP contribution >= 0.6 is 23.1 Å². The third-order valence-electron chi connectivity index (χ3n) is 2.14. The zero-order chi connectivity index (χ0) is 13.0. The van der Waals surface area contributed by atoms with Crippen molar-refractivity contribution >= 4 is 34.6 Å². The Bertz CT molecular complexity index is 559. The van der Waals surface area contributed by atoms with Gasteiger partial charge in [0.2, 0.25) is 0 Å². The molecule has 0 aliphatic carbocycles. The van der Waals surface area contributed by atoms with E-state index in [0.717, 1.165) is 4.90 Å². The number of thiophene rings is 1. The molecule has 1 N–H and O–H groups in total. The van der Waals surface area contributed by atoms with Crippen LogP contribution in [-0.2, 0) is 4.79 Å². The Morgan fingerprint density at radius 1 is 1.28 bits per heavy atom. The minimum atomic E-state index is -0.966. The Kier molecular flexibility index (Phi) is 4.17. The van der Waals surface area contributed by atoms with E-state index in [1.165, 1.54) is 35.2 Å². The van der Waals surface area contributed by atoms with Crippen molar-refractivity contribution in [3.8, 4) is 0 Å². The zero-order valence-electron chi connectivity index (χ0n) is 9.17. The monoisotopic (exact) mass is 280 g/mol. The first-order valence-corrected chi connectivity index (χ1v) is 6.82. The Hall–Kier alpha value is -1.59. The van der Waals surface area contributed by atoms with E-state index in [2.05, 4.69) is 0 Å². The third kappa shape index (κ3) is 3.21. The van der Waals surface area contributed by atoms with E-state index < -0.39 is 5.97 Å². The molecule has 1 aromatic heterocycles. The van der Waals surface area contributed by atoms with Gasteiger partial charge in [-0.1, -0.05) is 17.8 Å². The predicted octanol–water partition coefficient (Wildman–Crippen LogP) is 4.11. The molecule has 5 heteroatoms. The topological polar surface area (TPSA) is 37.3 Å². The molecule has 0 aliphatic rings. The Labute approximate surface area is 112 Å². The highest BCUT2D eigenvalue weighted by Crippen LogP contribution is 2.27. The molecule has 0 radical (unpaired) electrons. The molecule has 0 saturated heterocycles. The lowest BCUT2D eigenvalue weighted by atomic mass is 10.2. The summed E-state index contributed by atoms with van der Waals surface area (Å²) >= 11 is 2.64. The van der Waals surface area contributed by atoms with E-state index in [-0.39, 0.29) is 11.4 Å². The highest BCUT2D eigenvalue weighted by molar-refractivity contribution is 8.02. The number of hydrogen-bond donors (Lipinski definition) is 1. The SMILES string of the molecule is O=C(O)/C(=C/Sc1ccc(F)cc1)c1cccs1. The molecule has 0 unspecified atom stereocenters. The fraction of sp³-hybridized carbons (Fsp3) is 0. The zero-order valence-corrected chi connectivity index (χ0v) is 10.8. The van der Waals surface area contributed by atoms with Crippen LogP contribution in [0.25, 0.3) is 5.57 Å². The van der Waals surface area contributed by atoms with Crippen molar-refractivity contribution < 1.29 is 14.3 Å². The number of carbonyl (C=O) groups is 1. The van der Waals surface area contributed by atoms with E-state index >= 15 is 0 Å². The molecule has 0 saturated carbocycles. The molecule has 2 nitrogen and oxygen atoms in total. The molecule has 18 heavy (non-hydrogen) atoms. The van der Waals surface area contributed by atoms with Crippen molar-refractivity contribution in [2.45, 2.75) is 4.90 Å². The second kappa shape index (κ2) is 5.84. The second-order valence-electron chi connectivity index (χ2n) is 3.39. The normalized spacial score (nSPS) is 11.5. The summed E-state index contributed by atoms with van der Waals surface area (Å²) in [6.45, 7) is 0. The van der Waals surface area contributed by atoms with Gasteiger partial charge in [-0.2, -0.15) is 0 Å². The number of rotatable bonds is 4. The molecule has 1 heterocycles. The molecule has 0 atom stereocenters. The number of hydrogen-bond acceptors (Lipinski definition) is 3. The number of carboxylic acid groups (broad SMARTS) is 1. The Balaban J connectivity index is 2.20. The molecule has 92 valence electrons. The molecule has 0 spiro atoms. The van der Waals surface area contributed by atoms with Crippen molar-refractivity contribution in [2.24, 2.45) is 0 Å². The largest absolute Gasteiger partial charge is 0.478 e. The summed E-state index contributed by atoms with van der Waals surface area (Å²) in [7, 11) is 0. The maximum absolute atomic E-state index is 12.7. The standard InChI is InChI=1S/C13H9FO2S2/c14-9-3-5-10(6-4-9)18-8-11(13(15)16)12-2-1-7-17-12/h1-8H,(H,15,16)/b11-8+. The molecule has 0 aliphatic heterocycles. The maximum Gasteiger partial charge on any atom is 0.337 e. The van der Waals surface area contributed by atoms with Gasteiger partial charge < -0.3 is 5.11 Å². The van der Waals surface area contributed by atoms with Crippen molar-refractivity contribution in [2.75, 3.05) is 0 Å². The van der Waals surface area contributed by atoms with Gasteiger partial charge in [-0.3, -0.25) is 0 Å². The van der Waals surface area contributed by atoms with Crippen molar-refractivity contribution in [3.05, 3.63) is 57.9 Å². The number of thioether (sulfide) groups is 1. The van der Waals surface area contributed by atoms with Crippen LogP contribution in [0.2, 0.25) is 0 Å². The molecular weight excluding hydrogens is 271 g/mol. The van der Waals surface area contributed by atoms with Crippen LogP contribution < -0.4 is 0 Å². The summed E-state index contributed by atoms with van der Waals surface area (Å²) in [5, 5.41) is 12.5. The highest BCUT2D eigenvalue weighted by Gasteiger charge is 2.11. The summed E-state index contributed by atoms with van der Waals surface area (Å²) in [6.07, 6.45) is 0. The summed E-state index contributed by atoms with van der Waals surface area (Å²) in [6, 6.07) is 9.49. The van der Waals surface area contributed by atoms with Crippen LogP contribution in [0.4, 0.5) is 4.39 Å². The van der Waals surface area contributed by atoms with Gasteiger partial charge in [0.15, 0.2) is 0 Å². The molecule has 2 rings (SSSR count). The van der Waals surface area contributed by atoms with E-state index in [4.69, 9.17) is 5.11 Å². The minimum absolute atomic E-state index is 0.249. The third-order valence-corrected chi connectivity index (χ3v) is 3.94. The molecule has 2 aromatic rings. The number of benzene rings is 1. The average Bonchev–Trinajstić information content (AvgIpc) is 2.85. The van der Waals surface area contributed by atoms with E-state index in [1.807, 2.05) is 5.38 Å². The van der Waals surface area contributed by atoms with Crippen LogP contribution in [0.5, 0.6) is 0 Å². The van der Waals surface area contributed by atoms with Crippen LogP contribution in [0, 0.1) is 5.82 Å². The average molecular weight is 280 g/mol. The fourth-order valence-corrected chi connectivity index (χ4v) is 2.87. The first-order valence-electron chi connectivity index (χ1n) is 5.06. The van der Waals surface area contributed by atoms with Crippen LogP contribution in [0.3, 0.4) is 0 Å². The van der Waals surface area contributed by atoms with Crippen molar-refractivity contribution in [1.29, 1.82) is 0 Å². The van der Waals surface area contributed by atoms with Gasteiger partial charge in [0.05, 0.1) is 5.57 Å². The molecule has 0 amide bonds. The molecule has 1 aromatic carbocycles. The van der Waals surface area contributed by atoms with Crippen molar-refractivity contribution in [3.63, 3.8) is 0 Å². The van der Waals surface area contributed by atoms with Gasteiger partial charge in [-0.05, 0) is 41.1 Å². The first-order chi connectivity index (χ1) is 8.66. The first kappa shape index (κ1) is 12.9. The molecule has 0 fully saturated rings. The maximum atomic E-state index is 12.7. The Morgan fingerprint density at radius 2 is 2.00 bits per heavy atom. The van der Waals surface area contributed by atoms with Crippen LogP contribution in [0.15, 0.2) is 52.1 Å². The lowest BCUT2D eigenvalue weighted by Crippen LogP contribution is -1.96. The van der Waals surface area contributed by atoms with Gasteiger partial charge in [-0.15, -0.1) is 11.3 Å². The fourth-order valence-electron chi connectivity index (χ4n) is 1.29. The van der Waals surface area contributed by atoms with Gasteiger partial charge in [0.1, 0.15) is 5.82 Å². The summed E-state index contributed by atoms with van der Waals surface area (Å²) in [5.74, 6) is -1.27. The molecule has 0 bridgehead atoms. The lowest BCUT2D eigenvalue weighted by Gasteiger charge is -2.00. The van der Waals surface area contributed by atoms with Gasteiger partial charge >= 0.3 is 5.97 Å². The Morgan fingerprint density at radius 3 is 2.56 bits per heavy atom. The quantitative estimate of drug-likeness (QED) is 0.676. The summed E-state index contributed by atoms with van der Waals surface area (Å²) < 4.78 is 12.7. The van der Waals surface area contributed by atoms with E-state index in [1.54, 1.807) is 29.7 Å². The highest BCUT2D eigenvalue weighted by atomic mass is 32.2. The summed E-state index contributed by atoms with van der Waals surface area (Å²) in [5.41, 5.74) is 0.249. The van der Waals surface area contributed by atoms with E-state index in [9.17, 15) is 9.18 Å². The van der Waals surface area contributed by atoms with Crippen LogP contribution in [0.1, 0.15) is 4.88 Å². The van der Waals surface area contributed by atoms with E-state index in [0.29, 0.717) is 4.88 Å². The van der Waals surface area contributed by atoms with Crippen molar-refractivity contribution in [1.82, 2.24) is 0 Å². The summed E-state index contributed by atoms with van der Waals surface area (Å²) in [4.78, 5) is 12.6. The smallest absolute Gasteiger partial charge is 0.337 e. The predicted molar refractivity (Wildman–Crippen MR) is 72.2 cm³/mol. The van der Waals surface area contributed by atoms with Gasteiger partial charge in [0, 0.05) is 9.77 Å². The minimum Gasteiger partial charge on any atom is -0.478 e.